The lowest BCUT2D eigenvalue weighted by Crippen LogP contribution is -2.17. The molecule has 6 nitrogen and oxygen atoms in total. The molecule has 4 N–H and O–H groups in total. The zero-order chi connectivity index (χ0) is 23.3. The molecule has 3 rings (SSSR count). The molecule has 1 aliphatic rings. The number of thioether (sulfide) groups is 1. The maximum Gasteiger partial charge on any atom is 0.127 e. The lowest BCUT2D eigenvalue weighted by atomic mass is 10.1. The predicted molar refractivity (Wildman–Crippen MR) is 133 cm³/mol. The molecule has 0 radical (unpaired) electrons. The maximum atomic E-state index is 9.35. The lowest BCUT2D eigenvalue weighted by Gasteiger charge is -2.20. The highest BCUT2D eigenvalue weighted by molar-refractivity contribution is 8.03. The Morgan fingerprint density at radius 3 is 2.44 bits per heavy atom. The third-order valence-corrected chi connectivity index (χ3v) is 5.36. The van der Waals surface area contributed by atoms with E-state index in [-0.39, 0.29) is 6.61 Å². The van der Waals surface area contributed by atoms with Crippen molar-refractivity contribution in [2.45, 2.75) is 6.92 Å². The topological polar surface area (TPSA) is 104 Å². The van der Waals surface area contributed by atoms with Gasteiger partial charge in [-0.3, -0.25) is 4.99 Å². The van der Waals surface area contributed by atoms with Gasteiger partial charge in [0.2, 0.25) is 0 Å². The number of rotatable bonds is 7. The summed E-state index contributed by atoms with van der Waals surface area (Å²) in [4.78, 5) is 3.62. The molecular weight excluding hydrogens is 420 g/mol. The Morgan fingerprint density at radius 2 is 1.91 bits per heavy atom. The molecule has 164 valence electrons. The van der Waals surface area contributed by atoms with Crippen LogP contribution in [0.4, 0.5) is 5.69 Å². The quantitative estimate of drug-likeness (QED) is 0.391. The predicted octanol–water partition coefficient (Wildman–Crippen LogP) is 5.35. The van der Waals surface area contributed by atoms with E-state index in [1.165, 1.54) is 11.8 Å². The van der Waals surface area contributed by atoms with Crippen LogP contribution in [0.25, 0.3) is 0 Å². The van der Waals surface area contributed by atoms with Gasteiger partial charge >= 0.3 is 0 Å². The van der Waals surface area contributed by atoms with Crippen molar-refractivity contribution in [2.75, 3.05) is 17.7 Å². The van der Waals surface area contributed by atoms with E-state index < -0.39 is 0 Å². The summed E-state index contributed by atoms with van der Waals surface area (Å²) in [7, 11) is 0. The molecule has 1 heterocycles. The van der Waals surface area contributed by atoms with E-state index >= 15 is 0 Å². The highest BCUT2D eigenvalue weighted by atomic mass is 32.2. The van der Waals surface area contributed by atoms with Crippen LogP contribution in [0.15, 0.2) is 106 Å². The summed E-state index contributed by atoms with van der Waals surface area (Å²) in [6, 6.07) is 19.1. The number of hydrogen-bond donors (Lipinski definition) is 3. The van der Waals surface area contributed by atoms with Gasteiger partial charge in [-0.2, -0.15) is 5.26 Å². The van der Waals surface area contributed by atoms with Gasteiger partial charge in [0.15, 0.2) is 0 Å². The van der Waals surface area contributed by atoms with Gasteiger partial charge in [-0.15, -0.1) is 11.8 Å². The molecule has 0 unspecified atom stereocenters. The molecule has 0 spiro atoms. The molecular formula is C25H26N4O2S. The van der Waals surface area contributed by atoms with Crippen molar-refractivity contribution < 1.29 is 9.84 Å². The number of nitrogens with two attached hydrogens (primary N) is 1. The number of aliphatic hydroxyl groups excluding tert-OH is 1. The van der Waals surface area contributed by atoms with E-state index in [4.69, 9.17) is 10.5 Å². The number of nitrogens with zero attached hydrogens (tertiary/aromatic N) is 2. The summed E-state index contributed by atoms with van der Waals surface area (Å²) in [5.41, 5.74) is 9.09. The summed E-state index contributed by atoms with van der Waals surface area (Å²) in [5, 5.41) is 22.5. The second kappa shape index (κ2) is 12.8. The first-order valence-corrected chi connectivity index (χ1v) is 10.7. The minimum Gasteiger partial charge on any atom is -0.457 e. The standard InChI is InChI=1S/C19H17N3O2S.C6H9N/c20-10-17-18(21)13(11-23)12-25-19(17)22-14-6-8-16(9-7-14)24-15-4-2-1-3-5-15;1-4-5-6(2)7-3/h1-9,22-23H,11-12,21H2;4-5H,1,3H2,2H3/b;6-5-. The first-order valence-electron chi connectivity index (χ1n) is 9.74. The number of allylic oxidation sites excluding steroid dienone is 4. The largest absolute Gasteiger partial charge is 0.457 e. The van der Waals surface area contributed by atoms with Crippen molar-refractivity contribution in [1.29, 1.82) is 5.26 Å². The van der Waals surface area contributed by atoms with E-state index in [2.05, 4.69) is 29.7 Å². The highest BCUT2D eigenvalue weighted by Crippen LogP contribution is 2.33. The average Bonchev–Trinajstić information content (AvgIpc) is 2.82. The molecule has 2 aromatic carbocycles. The first-order chi connectivity index (χ1) is 15.5. The van der Waals surface area contributed by atoms with Crippen LogP contribution in [-0.2, 0) is 0 Å². The Kier molecular flexibility index (Phi) is 9.85. The molecule has 0 bridgehead atoms. The molecule has 0 fully saturated rings. The third-order valence-electron chi connectivity index (χ3n) is 4.27. The normalized spacial score (nSPS) is 13.5. The molecule has 0 aliphatic carbocycles. The van der Waals surface area contributed by atoms with Gasteiger partial charge in [-0.1, -0.05) is 30.9 Å². The Balaban J connectivity index is 0.000000451. The van der Waals surface area contributed by atoms with E-state index in [0.717, 1.165) is 22.9 Å². The number of nitrogens with one attached hydrogen (secondary N) is 1. The molecule has 2 aromatic rings. The fraction of sp³-hybridized carbons (Fsp3) is 0.120. The zero-order valence-corrected chi connectivity index (χ0v) is 18.7. The minimum atomic E-state index is -0.136. The third kappa shape index (κ3) is 7.20. The molecule has 1 aliphatic heterocycles. The van der Waals surface area contributed by atoms with Crippen LogP contribution in [0.3, 0.4) is 0 Å². The summed E-state index contributed by atoms with van der Waals surface area (Å²) < 4.78 is 5.76. The van der Waals surface area contributed by atoms with Crippen molar-refractivity contribution in [3.05, 3.63) is 101 Å². The van der Waals surface area contributed by atoms with Crippen molar-refractivity contribution in [1.82, 2.24) is 0 Å². The van der Waals surface area contributed by atoms with Crippen molar-refractivity contribution in [2.24, 2.45) is 10.7 Å². The van der Waals surface area contributed by atoms with Gasteiger partial charge < -0.3 is 20.9 Å². The van der Waals surface area contributed by atoms with Gasteiger partial charge in [-0.05, 0) is 61.7 Å². The van der Waals surface area contributed by atoms with Crippen molar-refractivity contribution in [3.8, 4) is 17.6 Å². The molecule has 0 atom stereocenters. The number of benzene rings is 2. The molecule has 0 amide bonds. The average molecular weight is 447 g/mol. The SMILES string of the molecule is C=C/C=C(/C)N=C.N#CC1=C(Nc2ccc(Oc3ccccc3)cc2)SCC(CO)=C1N. The van der Waals surface area contributed by atoms with Gasteiger partial charge in [0.25, 0.3) is 0 Å². The zero-order valence-electron chi connectivity index (χ0n) is 17.9. The highest BCUT2D eigenvalue weighted by Gasteiger charge is 2.20. The van der Waals surface area contributed by atoms with Crippen LogP contribution in [0.2, 0.25) is 0 Å². The van der Waals surface area contributed by atoms with Crippen LogP contribution in [0, 0.1) is 11.3 Å². The maximum absolute atomic E-state index is 9.35. The number of aliphatic hydroxyl groups is 1. The van der Waals surface area contributed by atoms with Crippen LogP contribution in [0.5, 0.6) is 11.5 Å². The molecule has 32 heavy (non-hydrogen) atoms. The summed E-state index contributed by atoms with van der Waals surface area (Å²) in [5.74, 6) is 2.06. The molecule has 7 heteroatoms. The molecule has 0 saturated carbocycles. The Morgan fingerprint density at radius 1 is 1.25 bits per heavy atom. The summed E-state index contributed by atoms with van der Waals surface area (Å²) in [6.45, 7) is 8.53. The molecule has 0 aromatic heterocycles. The van der Waals surface area contributed by atoms with E-state index in [1.807, 2.05) is 61.5 Å². The Labute approximate surface area is 193 Å². The number of ether oxygens (including phenoxy) is 1. The monoisotopic (exact) mass is 446 g/mol. The number of para-hydroxylation sites is 1. The van der Waals surface area contributed by atoms with Gasteiger partial charge in [0.1, 0.15) is 23.1 Å². The number of hydrogen-bond acceptors (Lipinski definition) is 7. The van der Waals surface area contributed by atoms with Crippen LogP contribution in [-0.4, -0.2) is 24.2 Å². The summed E-state index contributed by atoms with van der Waals surface area (Å²) in [6.07, 6.45) is 3.48. The fourth-order valence-corrected chi connectivity index (χ4v) is 3.59. The summed E-state index contributed by atoms with van der Waals surface area (Å²) >= 11 is 1.45. The number of aliphatic imine (C=N–C) groups is 1. The second-order valence-electron chi connectivity index (χ2n) is 6.55. The van der Waals surface area contributed by atoms with Gasteiger partial charge in [0.05, 0.1) is 17.3 Å². The lowest BCUT2D eigenvalue weighted by molar-refractivity contribution is 0.331. The van der Waals surface area contributed by atoms with Crippen molar-refractivity contribution in [3.63, 3.8) is 0 Å². The Bertz CT molecular complexity index is 1070. The Hall–Kier alpha value is -3.73. The molecule has 0 saturated heterocycles. The fourth-order valence-electron chi connectivity index (χ4n) is 2.53. The smallest absolute Gasteiger partial charge is 0.127 e. The van der Waals surface area contributed by atoms with E-state index in [0.29, 0.717) is 27.6 Å². The van der Waals surface area contributed by atoms with E-state index in [1.54, 1.807) is 12.2 Å². The first kappa shape index (κ1) is 24.5. The van der Waals surface area contributed by atoms with Crippen LogP contribution in [0.1, 0.15) is 6.92 Å². The minimum absolute atomic E-state index is 0.136. The number of anilines is 1. The number of nitriles is 1. The second-order valence-corrected chi connectivity index (χ2v) is 7.53. The van der Waals surface area contributed by atoms with Crippen LogP contribution >= 0.6 is 11.8 Å². The van der Waals surface area contributed by atoms with Crippen LogP contribution < -0.4 is 15.8 Å². The van der Waals surface area contributed by atoms with Gasteiger partial charge in [-0.25, -0.2) is 0 Å². The van der Waals surface area contributed by atoms with Crippen molar-refractivity contribution >= 4 is 24.2 Å². The van der Waals surface area contributed by atoms with Gasteiger partial charge in [0, 0.05) is 17.1 Å². The van der Waals surface area contributed by atoms with E-state index in [9.17, 15) is 10.4 Å².